The minimum Gasteiger partial charge on any atom is -0.490 e. The lowest BCUT2D eigenvalue weighted by Crippen LogP contribution is -2.37. The molecule has 1 N–H and O–H groups in total. The number of para-hydroxylation sites is 1. The first kappa shape index (κ1) is 15.6. The summed E-state index contributed by atoms with van der Waals surface area (Å²) in [4.78, 5) is 8.41. The average Bonchev–Trinajstić information content (AvgIpc) is 2.95. The molecule has 1 aromatic heterocycles. The van der Waals surface area contributed by atoms with Crippen LogP contribution in [0, 0.1) is 0 Å². The van der Waals surface area contributed by atoms with Crippen molar-refractivity contribution in [3.8, 4) is 5.75 Å². The van der Waals surface area contributed by atoms with Crippen LogP contribution in [0.4, 0.5) is 5.95 Å². The minimum atomic E-state index is -3.58. The Hall–Kier alpha value is -1.90. The van der Waals surface area contributed by atoms with Gasteiger partial charge < -0.3 is 10.1 Å². The van der Waals surface area contributed by atoms with Crippen LogP contribution < -0.4 is 10.1 Å². The van der Waals surface area contributed by atoms with Gasteiger partial charge in [-0.25, -0.2) is 18.4 Å². The summed E-state index contributed by atoms with van der Waals surface area (Å²) < 4.78 is 33.1. The zero-order valence-electron chi connectivity index (χ0n) is 12.6. The molecule has 0 bridgehead atoms. The zero-order chi connectivity index (χ0) is 16.7. The molecule has 1 aromatic carbocycles. The lowest BCUT2D eigenvalue weighted by molar-refractivity contribution is 0.240. The summed E-state index contributed by atoms with van der Waals surface area (Å²) in [5.74, 6) is 0.846. The van der Waals surface area contributed by atoms with E-state index in [-0.39, 0.29) is 17.0 Å². The van der Waals surface area contributed by atoms with E-state index in [9.17, 15) is 8.42 Å². The first-order chi connectivity index (χ1) is 11.5. The van der Waals surface area contributed by atoms with Gasteiger partial charge in [-0.05, 0) is 18.6 Å². The normalized spacial score (nSPS) is 25.2. The van der Waals surface area contributed by atoms with Crippen molar-refractivity contribution in [1.82, 2.24) is 14.3 Å². The number of ether oxygens (including phenoxy) is 1. The van der Waals surface area contributed by atoms with Crippen LogP contribution in [0.5, 0.6) is 5.75 Å². The Morgan fingerprint density at radius 1 is 1.25 bits per heavy atom. The predicted octanol–water partition coefficient (Wildman–Crippen LogP) is 1.77. The molecule has 4 rings (SSSR count). The lowest BCUT2D eigenvalue weighted by atomic mass is 10.2. The van der Waals surface area contributed by atoms with Crippen molar-refractivity contribution in [2.75, 3.05) is 18.5 Å². The van der Waals surface area contributed by atoms with Crippen LogP contribution in [0.2, 0.25) is 5.02 Å². The molecule has 7 nitrogen and oxygen atoms in total. The number of sulfonamides is 1. The first-order valence-corrected chi connectivity index (χ1v) is 9.33. The van der Waals surface area contributed by atoms with Crippen molar-refractivity contribution in [2.45, 2.75) is 23.4 Å². The Labute approximate surface area is 144 Å². The SMILES string of the molecule is O=S1(=O)c2ccccc2OC[C@@H]2C[C@H](Nc3ncc(Cl)cn3)CN21. The number of benzene rings is 1. The van der Waals surface area contributed by atoms with E-state index in [0.717, 1.165) is 0 Å². The second kappa shape index (κ2) is 5.87. The van der Waals surface area contributed by atoms with Gasteiger partial charge in [0.05, 0.1) is 23.5 Å². The molecule has 0 radical (unpaired) electrons. The van der Waals surface area contributed by atoms with E-state index in [0.29, 0.717) is 36.3 Å². The molecule has 9 heteroatoms. The Morgan fingerprint density at radius 3 is 2.79 bits per heavy atom. The maximum atomic E-state index is 12.9. The molecule has 1 saturated heterocycles. The highest BCUT2D eigenvalue weighted by Crippen LogP contribution is 2.35. The number of hydrogen-bond donors (Lipinski definition) is 1. The van der Waals surface area contributed by atoms with Gasteiger partial charge in [-0.15, -0.1) is 0 Å². The number of halogens is 1. The van der Waals surface area contributed by atoms with Crippen molar-refractivity contribution in [3.63, 3.8) is 0 Å². The zero-order valence-corrected chi connectivity index (χ0v) is 14.2. The summed E-state index contributed by atoms with van der Waals surface area (Å²) in [6.45, 7) is 0.673. The summed E-state index contributed by atoms with van der Waals surface area (Å²) in [5.41, 5.74) is 0. The van der Waals surface area contributed by atoms with E-state index < -0.39 is 10.0 Å². The third-order valence-electron chi connectivity index (χ3n) is 4.18. The van der Waals surface area contributed by atoms with Crippen molar-refractivity contribution in [1.29, 1.82) is 0 Å². The highest BCUT2D eigenvalue weighted by molar-refractivity contribution is 7.89. The monoisotopic (exact) mass is 366 g/mol. The van der Waals surface area contributed by atoms with Gasteiger partial charge in [-0.1, -0.05) is 23.7 Å². The van der Waals surface area contributed by atoms with Crippen molar-refractivity contribution in [3.05, 3.63) is 41.7 Å². The highest BCUT2D eigenvalue weighted by atomic mass is 35.5. The van der Waals surface area contributed by atoms with Crippen LogP contribution in [0.15, 0.2) is 41.6 Å². The Kier molecular flexibility index (Phi) is 3.82. The van der Waals surface area contributed by atoms with Crippen molar-refractivity contribution >= 4 is 27.6 Å². The van der Waals surface area contributed by atoms with Crippen LogP contribution in [0.3, 0.4) is 0 Å². The van der Waals surface area contributed by atoms with Crippen molar-refractivity contribution in [2.24, 2.45) is 0 Å². The van der Waals surface area contributed by atoms with E-state index in [2.05, 4.69) is 15.3 Å². The van der Waals surface area contributed by atoms with E-state index >= 15 is 0 Å². The van der Waals surface area contributed by atoms with Crippen LogP contribution in [0.25, 0.3) is 0 Å². The third kappa shape index (κ3) is 2.70. The van der Waals surface area contributed by atoms with E-state index in [1.54, 1.807) is 24.3 Å². The molecule has 0 spiro atoms. The first-order valence-electron chi connectivity index (χ1n) is 7.52. The molecule has 2 aliphatic heterocycles. The van der Waals surface area contributed by atoms with Gasteiger partial charge in [0.15, 0.2) is 0 Å². The summed E-state index contributed by atoms with van der Waals surface area (Å²) >= 11 is 5.77. The molecule has 0 aliphatic carbocycles. The molecule has 2 atom stereocenters. The Bertz CT molecular complexity index is 859. The predicted molar refractivity (Wildman–Crippen MR) is 88.7 cm³/mol. The topological polar surface area (TPSA) is 84.4 Å². The van der Waals surface area contributed by atoms with Gasteiger partial charge in [-0.2, -0.15) is 4.31 Å². The van der Waals surface area contributed by atoms with Crippen LogP contribution >= 0.6 is 11.6 Å². The molecular formula is C15H15ClN4O3S. The quantitative estimate of drug-likeness (QED) is 0.871. The van der Waals surface area contributed by atoms with Gasteiger partial charge in [0, 0.05) is 12.6 Å². The fourth-order valence-electron chi connectivity index (χ4n) is 3.10. The van der Waals surface area contributed by atoms with E-state index in [1.807, 2.05) is 0 Å². The fourth-order valence-corrected chi connectivity index (χ4v) is 5.00. The summed E-state index contributed by atoms with van der Waals surface area (Å²) in [6.07, 6.45) is 3.62. The molecule has 0 unspecified atom stereocenters. The third-order valence-corrected chi connectivity index (χ3v) is 6.34. The number of rotatable bonds is 2. The molecule has 3 heterocycles. The number of aromatic nitrogens is 2. The maximum Gasteiger partial charge on any atom is 0.247 e. The summed E-state index contributed by atoms with van der Waals surface area (Å²) in [6, 6.07) is 6.44. The minimum absolute atomic E-state index is 0.0835. The van der Waals surface area contributed by atoms with Gasteiger partial charge in [-0.3, -0.25) is 0 Å². The van der Waals surface area contributed by atoms with Gasteiger partial charge in [0.1, 0.15) is 17.3 Å². The molecule has 0 amide bonds. The van der Waals surface area contributed by atoms with Crippen LogP contribution in [-0.2, 0) is 10.0 Å². The second-order valence-corrected chi connectivity index (χ2v) is 8.08. The average molecular weight is 367 g/mol. The maximum absolute atomic E-state index is 12.9. The lowest BCUT2D eigenvalue weighted by Gasteiger charge is -2.19. The Balaban J connectivity index is 1.58. The standard InChI is InChI=1S/C15H15ClN4O3S/c16-10-6-17-15(18-7-10)19-11-5-12-9-23-13-3-1-2-4-14(13)24(21,22)20(12)8-11/h1-4,6-7,11-12H,5,8-9H2,(H,17,18,19)/t11-,12-/m0/s1. The van der Waals surface area contributed by atoms with Gasteiger partial charge in [0.2, 0.25) is 16.0 Å². The molecule has 2 aliphatic rings. The molecule has 2 aromatic rings. The van der Waals surface area contributed by atoms with Crippen LogP contribution in [0.1, 0.15) is 6.42 Å². The second-order valence-electron chi connectivity index (χ2n) is 5.79. The van der Waals surface area contributed by atoms with Gasteiger partial charge in [0.25, 0.3) is 0 Å². The van der Waals surface area contributed by atoms with E-state index in [4.69, 9.17) is 16.3 Å². The number of hydrogen-bond acceptors (Lipinski definition) is 6. The van der Waals surface area contributed by atoms with Gasteiger partial charge >= 0.3 is 0 Å². The number of fused-ring (bicyclic) bond motifs is 2. The molecule has 0 saturated carbocycles. The van der Waals surface area contributed by atoms with Crippen LogP contribution in [-0.4, -0.2) is 47.9 Å². The molecule has 126 valence electrons. The number of anilines is 1. The van der Waals surface area contributed by atoms with Crippen molar-refractivity contribution < 1.29 is 13.2 Å². The van der Waals surface area contributed by atoms with E-state index in [1.165, 1.54) is 16.7 Å². The summed E-state index contributed by atoms with van der Waals surface area (Å²) in [7, 11) is -3.58. The largest absolute Gasteiger partial charge is 0.490 e. The molecule has 1 fully saturated rings. The smallest absolute Gasteiger partial charge is 0.247 e. The Morgan fingerprint density at radius 2 is 2.00 bits per heavy atom. The molecular weight excluding hydrogens is 352 g/mol. The number of nitrogens with one attached hydrogen (secondary N) is 1. The summed E-state index contributed by atoms with van der Waals surface area (Å²) in [5, 5.41) is 3.62. The fraction of sp³-hybridized carbons (Fsp3) is 0.333. The molecule has 24 heavy (non-hydrogen) atoms. The number of nitrogens with zero attached hydrogens (tertiary/aromatic N) is 3. The highest BCUT2D eigenvalue weighted by Gasteiger charge is 2.43.